The van der Waals surface area contributed by atoms with Gasteiger partial charge in [0.2, 0.25) is 5.91 Å². The summed E-state index contributed by atoms with van der Waals surface area (Å²) < 4.78 is 11.3. The van der Waals surface area contributed by atoms with Gasteiger partial charge in [0.15, 0.2) is 6.29 Å². The smallest absolute Gasteiger partial charge is 0.220 e. The summed E-state index contributed by atoms with van der Waals surface area (Å²) in [4.78, 5) is 13.1. The maximum Gasteiger partial charge on any atom is 0.220 e. The van der Waals surface area contributed by atoms with Gasteiger partial charge in [-0.15, -0.1) is 0 Å². The Hall–Kier alpha value is -2.11. The van der Waals surface area contributed by atoms with E-state index in [-0.39, 0.29) is 12.5 Å². The lowest BCUT2D eigenvalue weighted by molar-refractivity contribution is -0.302. The molecule has 0 spiro atoms. The SMILES string of the molecule is CCCCCCC/C=C\C/C=C\CCCCCCCCCCCCCCCCCCCCCCCCCCCCCCCC(=O)NC(COC1OC(CO)C(O)C(O)C1O)C(O)/C=C/CC/C=C/CC/C=C/CCCCCCCCCCC. The van der Waals surface area contributed by atoms with Crippen LogP contribution in [-0.2, 0) is 14.3 Å². The molecule has 0 bridgehead atoms. The van der Waals surface area contributed by atoms with E-state index in [4.69, 9.17) is 9.47 Å². The number of aliphatic hydroxyl groups excluding tert-OH is 5. The number of hydrogen-bond donors (Lipinski definition) is 6. The van der Waals surface area contributed by atoms with Gasteiger partial charge in [-0.3, -0.25) is 4.79 Å². The number of amides is 1. The van der Waals surface area contributed by atoms with Gasteiger partial charge in [0.05, 0.1) is 25.4 Å². The molecule has 1 amide bonds. The zero-order valence-electron chi connectivity index (χ0n) is 54.5. The van der Waals surface area contributed by atoms with E-state index in [1.807, 2.05) is 6.08 Å². The number of hydrogen-bond acceptors (Lipinski definition) is 8. The van der Waals surface area contributed by atoms with E-state index in [0.29, 0.717) is 6.42 Å². The summed E-state index contributed by atoms with van der Waals surface area (Å²) in [6.07, 6.45) is 80.7. The molecule has 0 aromatic carbocycles. The fourth-order valence-corrected chi connectivity index (χ4v) is 11.4. The second-order valence-corrected chi connectivity index (χ2v) is 25.0. The Kier molecular flexibility index (Phi) is 59.8. The van der Waals surface area contributed by atoms with E-state index in [0.717, 1.165) is 51.4 Å². The molecule has 83 heavy (non-hydrogen) atoms. The standard InChI is InChI=1S/C74H137NO8/c1-3-5-7-9-11-13-15-17-19-21-23-24-25-26-27-28-29-30-31-32-33-34-35-36-37-38-39-40-41-42-43-44-46-48-50-52-54-56-58-60-62-64-70(78)75-67(66-82-74-73(81)72(80)71(79)69(65-76)83-74)68(77)63-61-59-57-55-53-51-49-47-45-22-20-18-16-14-12-10-8-6-4-2/h15,17,21,23,45,47,53,55,61,63,67-69,71-74,76-77,79-81H,3-14,16,18-20,22,24-44,46,48-52,54,56-60,62,64-66H2,1-2H3,(H,75,78)/b17-15-,23-21-,47-45+,55-53+,63-61+. The Morgan fingerprint density at radius 1 is 0.410 bits per heavy atom. The number of carbonyl (C=O) groups is 1. The van der Waals surface area contributed by atoms with Gasteiger partial charge in [0, 0.05) is 6.42 Å². The van der Waals surface area contributed by atoms with Crippen molar-refractivity contribution < 1.29 is 39.8 Å². The maximum absolute atomic E-state index is 13.1. The molecular weight excluding hydrogens is 1030 g/mol. The van der Waals surface area contributed by atoms with Crippen LogP contribution in [0.3, 0.4) is 0 Å². The van der Waals surface area contributed by atoms with E-state index in [2.05, 4.69) is 67.8 Å². The molecule has 6 N–H and O–H groups in total. The van der Waals surface area contributed by atoms with Crippen LogP contribution in [0, 0.1) is 0 Å². The van der Waals surface area contributed by atoms with Crippen molar-refractivity contribution in [1.29, 1.82) is 0 Å². The quantitative estimate of drug-likeness (QED) is 0.0261. The molecule has 1 fully saturated rings. The molecule has 0 aromatic heterocycles. The van der Waals surface area contributed by atoms with E-state index in [1.54, 1.807) is 6.08 Å². The first kappa shape index (κ1) is 78.9. The molecule has 1 heterocycles. The summed E-state index contributed by atoms with van der Waals surface area (Å²) in [5, 5.41) is 54.6. The van der Waals surface area contributed by atoms with Crippen molar-refractivity contribution in [1.82, 2.24) is 5.32 Å². The highest BCUT2D eigenvalue weighted by Gasteiger charge is 2.44. The van der Waals surface area contributed by atoms with Crippen LogP contribution >= 0.6 is 0 Å². The van der Waals surface area contributed by atoms with Gasteiger partial charge in [-0.25, -0.2) is 0 Å². The minimum atomic E-state index is -1.58. The van der Waals surface area contributed by atoms with E-state index < -0.39 is 49.5 Å². The van der Waals surface area contributed by atoms with Crippen molar-refractivity contribution in [3.63, 3.8) is 0 Å². The van der Waals surface area contributed by atoms with Crippen LogP contribution in [0.2, 0.25) is 0 Å². The first-order valence-corrected chi connectivity index (χ1v) is 36.0. The molecule has 1 aliphatic rings. The molecule has 0 aliphatic carbocycles. The minimum absolute atomic E-state index is 0.185. The molecule has 7 atom stereocenters. The van der Waals surface area contributed by atoms with Crippen LogP contribution in [0.5, 0.6) is 0 Å². The minimum Gasteiger partial charge on any atom is -0.394 e. The van der Waals surface area contributed by atoms with Crippen molar-refractivity contribution in [3.05, 3.63) is 60.8 Å². The third-order valence-electron chi connectivity index (χ3n) is 17.0. The number of nitrogens with one attached hydrogen (secondary N) is 1. The summed E-state index contributed by atoms with van der Waals surface area (Å²) >= 11 is 0. The number of aliphatic hydroxyl groups is 5. The zero-order chi connectivity index (χ0) is 60.0. The Bertz CT molecular complexity index is 1500. The van der Waals surface area contributed by atoms with E-state index in [1.165, 1.54) is 276 Å². The molecule has 0 saturated carbocycles. The summed E-state index contributed by atoms with van der Waals surface area (Å²) in [5.74, 6) is -0.185. The van der Waals surface area contributed by atoms with E-state index in [9.17, 15) is 30.3 Å². The number of carbonyl (C=O) groups excluding carboxylic acids is 1. The van der Waals surface area contributed by atoms with Crippen LogP contribution in [0.4, 0.5) is 0 Å². The molecule has 9 heteroatoms. The molecular formula is C74H137NO8. The Morgan fingerprint density at radius 3 is 1.08 bits per heavy atom. The van der Waals surface area contributed by atoms with Crippen LogP contribution in [-0.4, -0.2) is 87.5 Å². The number of allylic oxidation sites excluding steroid dienone is 9. The lowest BCUT2D eigenvalue weighted by Gasteiger charge is -2.40. The Labute approximate surface area is 513 Å². The second-order valence-electron chi connectivity index (χ2n) is 25.0. The summed E-state index contributed by atoms with van der Waals surface area (Å²) in [6.45, 7) is 3.78. The van der Waals surface area contributed by atoms with Gasteiger partial charge < -0.3 is 40.3 Å². The number of ether oxygens (including phenoxy) is 2. The Morgan fingerprint density at radius 2 is 0.723 bits per heavy atom. The van der Waals surface area contributed by atoms with Gasteiger partial charge in [-0.1, -0.05) is 325 Å². The Balaban J connectivity index is 2.05. The van der Waals surface area contributed by atoms with Gasteiger partial charge >= 0.3 is 0 Å². The van der Waals surface area contributed by atoms with Crippen LogP contribution in [0.1, 0.15) is 348 Å². The van der Waals surface area contributed by atoms with Crippen molar-refractivity contribution in [2.75, 3.05) is 13.2 Å². The summed E-state index contributed by atoms with van der Waals surface area (Å²) in [5.41, 5.74) is 0. The highest BCUT2D eigenvalue weighted by molar-refractivity contribution is 5.76. The summed E-state index contributed by atoms with van der Waals surface area (Å²) in [7, 11) is 0. The second kappa shape index (κ2) is 62.9. The van der Waals surface area contributed by atoms with E-state index >= 15 is 0 Å². The van der Waals surface area contributed by atoms with Crippen molar-refractivity contribution >= 4 is 5.91 Å². The highest BCUT2D eigenvalue weighted by Crippen LogP contribution is 2.23. The molecule has 0 aromatic rings. The predicted molar refractivity (Wildman–Crippen MR) is 355 cm³/mol. The number of unbranched alkanes of at least 4 members (excludes halogenated alkanes) is 45. The third kappa shape index (κ3) is 51.6. The highest BCUT2D eigenvalue weighted by atomic mass is 16.7. The summed E-state index contributed by atoms with van der Waals surface area (Å²) in [6, 6.07) is -0.829. The molecule has 1 aliphatic heterocycles. The van der Waals surface area contributed by atoms with Gasteiger partial charge in [-0.2, -0.15) is 0 Å². The zero-order valence-corrected chi connectivity index (χ0v) is 54.5. The van der Waals surface area contributed by atoms with Crippen LogP contribution in [0.25, 0.3) is 0 Å². The monoisotopic (exact) mass is 1170 g/mol. The van der Waals surface area contributed by atoms with Crippen LogP contribution in [0.15, 0.2) is 60.8 Å². The lowest BCUT2D eigenvalue weighted by Crippen LogP contribution is -2.60. The normalized spacial score (nSPS) is 18.6. The largest absolute Gasteiger partial charge is 0.394 e. The van der Waals surface area contributed by atoms with Gasteiger partial charge in [-0.05, 0) is 77.0 Å². The fraction of sp³-hybridized carbons (Fsp3) is 0.851. The molecule has 1 saturated heterocycles. The molecule has 486 valence electrons. The average molecular weight is 1170 g/mol. The first-order valence-electron chi connectivity index (χ1n) is 36.0. The molecule has 1 rings (SSSR count). The molecule has 0 radical (unpaired) electrons. The number of rotatable bonds is 63. The van der Waals surface area contributed by atoms with Crippen molar-refractivity contribution in [2.45, 2.75) is 391 Å². The fourth-order valence-electron chi connectivity index (χ4n) is 11.4. The lowest BCUT2D eigenvalue weighted by atomic mass is 9.99. The van der Waals surface area contributed by atoms with Gasteiger partial charge in [0.1, 0.15) is 24.4 Å². The van der Waals surface area contributed by atoms with Gasteiger partial charge in [0.25, 0.3) is 0 Å². The molecule has 7 unspecified atom stereocenters. The van der Waals surface area contributed by atoms with Crippen molar-refractivity contribution in [2.24, 2.45) is 0 Å². The first-order chi connectivity index (χ1) is 40.8. The predicted octanol–water partition coefficient (Wildman–Crippen LogP) is 19.8. The van der Waals surface area contributed by atoms with Crippen LogP contribution < -0.4 is 5.32 Å². The third-order valence-corrected chi connectivity index (χ3v) is 17.0. The topological polar surface area (TPSA) is 149 Å². The maximum atomic E-state index is 13.1. The molecule has 9 nitrogen and oxygen atoms in total. The average Bonchev–Trinajstić information content (AvgIpc) is 3.61. The van der Waals surface area contributed by atoms with Crippen molar-refractivity contribution in [3.8, 4) is 0 Å².